The number of hydrogen-bond acceptors (Lipinski definition) is 1. The van der Waals surface area contributed by atoms with Crippen LogP contribution in [0, 0.1) is 5.92 Å². The van der Waals surface area contributed by atoms with Gasteiger partial charge >= 0.3 is 0 Å². The minimum absolute atomic E-state index is 0.293. The summed E-state index contributed by atoms with van der Waals surface area (Å²) in [6, 6.07) is 0. The van der Waals surface area contributed by atoms with Gasteiger partial charge in [0.15, 0.2) is 0 Å². The van der Waals surface area contributed by atoms with E-state index in [1.165, 1.54) is 89.9 Å². The Balaban J connectivity index is 3.14. The average molecular weight is 339 g/mol. The van der Waals surface area contributed by atoms with Crippen molar-refractivity contribution < 1.29 is 4.79 Å². The molecule has 144 valence electrons. The van der Waals surface area contributed by atoms with Gasteiger partial charge in [-0.2, -0.15) is 0 Å². The van der Waals surface area contributed by atoms with Crippen LogP contribution < -0.4 is 0 Å². The molecule has 1 nitrogen and oxygen atoms in total. The Hall–Kier alpha value is -0.330. The standard InChI is InChI=1S/C23H46O/c1-4-6-7-8-9-10-11-12-13-14-15-16-17-18-19-21-23(24)22(3)20-5-2/h22H,4-21H2,1-3H3. The summed E-state index contributed by atoms with van der Waals surface area (Å²) in [5.41, 5.74) is 0. The molecule has 0 rings (SSSR count). The first-order valence-corrected chi connectivity index (χ1v) is 11.2. The van der Waals surface area contributed by atoms with E-state index < -0.39 is 0 Å². The van der Waals surface area contributed by atoms with Crippen molar-refractivity contribution in [3.8, 4) is 0 Å². The van der Waals surface area contributed by atoms with Crippen molar-refractivity contribution in [2.24, 2.45) is 5.92 Å². The summed E-state index contributed by atoms with van der Waals surface area (Å²) in [5, 5.41) is 0. The van der Waals surface area contributed by atoms with Crippen molar-refractivity contribution in [2.45, 2.75) is 136 Å². The highest BCUT2D eigenvalue weighted by molar-refractivity contribution is 5.80. The van der Waals surface area contributed by atoms with Crippen LogP contribution in [0.2, 0.25) is 0 Å². The number of rotatable bonds is 19. The number of carbonyl (C=O) groups excluding carboxylic acids is 1. The third-order valence-corrected chi connectivity index (χ3v) is 5.30. The molecule has 0 spiro atoms. The maximum Gasteiger partial charge on any atom is 0.135 e. The number of Topliss-reactive ketones (excluding diaryl/α,β-unsaturated/α-hetero) is 1. The van der Waals surface area contributed by atoms with Crippen LogP contribution in [0.15, 0.2) is 0 Å². The number of hydrogen-bond donors (Lipinski definition) is 0. The summed E-state index contributed by atoms with van der Waals surface area (Å²) in [6.07, 6.45) is 23.8. The van der Waals surface area contributed by atoms with Crippen LogP contribution in [0.4, 0.5) is 0 Å². The molecule has 0 aromatic heterocycles. The van der Waals surface area contributed by atoms with E-state index in [9.17, 15) is 4.79 Å². The van der Waals surface area contributed by atoms with Gasteiger partial charge in [0.1, 0.15) is 5.78 Å². The third-order valence-electron chi connectivity index (χ3n) is 5.30. The summed E-state index contributed by atoms with van der Waals surface area (Å²) < 4.78 is 0. The number of carbonyl (C=O) groups is 1. The van der Waals surface area contributed by atoms with Crippen molar-refractivity contribution in [3.05, 3.63) is 0 Å². The second kappa shape index (κ2) is 19.0. The first-order chi connectivity index (χ1) is 11.7. The summed E-state index contributed by atoms with van der Waals surface area (Å²) in [4.78, 5) is 11.9. The fourth-order valence-electron chi connectivity index (χ4n) is 3.51. The van der Waals surface area contributed by atoms with E-state index in [0.717, 1.165) is 25.7 Å². The largest absolute Gasteiger partial charge is 0.299 e. The molecule has 24 heavy (non-hydrogen) atoms. The van der Waals surface area contributed by atoms with Crippen molar-refractivity contribution in [1.82, 2.24) is 0 Å². The lowest BCUT2D eigenvalue weighted by Crippen LogP contribution is -2.10. The fourth-order valence-corrected chi connectivity index (χ4v) is 3.51. The zero-order chi connectivity index (χ0) is 17.9. The van der Waals surface area contributed by atoms with E-state index >= 15 is 0 Å². The van der Waals surface area contributed by atoms with Gasteiger partial charge in [-0.1, -0.05) is 117 Å². The second-order valence-electron chi connectivity index (χ2n) is 7.86. The normalized spacial score (nSPS) is 12.5. The van der Waals surface area contributed by atoms with Crippen LogP contribution >= 0.6 is 0 Å². The molecule has 0 aliphatic heterocycles. The zero-order valence-electron chi connectivity index (χ0n) is 17.2. The molecule has 0 aliphatic rings. The second-order valence-corrected chi connectivity index (χ2v) is 7.86. The molecule has 0 heterocycles. The van der Waals surface area contributed by atoms with Gasteiger partial charge in [0.2, 0.25) is 0 Å². The molecule has 0 saturated heterocycles. The molecule has 0 N–H and O–H groups in total. The molecule has 1 heteroatoms. The van der Waals surface area contributed by atoms with Gasteiger partial charge in [-0.25, -0.2) is 0 Å². The highest BCUT2D eigenvalue weighted by Gasteiger charge is 2.10. The van der Waals surface area contributed by atoms with Gasteiger partial charge in [0.05, 0.1) is 0 Å². The van der Waals surface area contributed by atoms with Crippen molar-refractivity contribution in [3.63, 3.8) is 0 Å². The molecule has 0 fully saturated rings. The maximum absolute atomic E-state index is 11.9. The van der Waals surface area contributed by atoms with Crippen LogP contribution in [-0.4, -0.2) is 5.78 Å². The van der Waals surface area contributed by atoms with Gasteiger partial charge in [0, 0.05) is 12.3 Å². The Morgan fingerprint density at radius 1 is 0.583 bits per heavy atom. The van der Waals surface area contributed by atoms with E-state index in [1.54, 1.807) is 0 Å². The van der Waals surface area contributed by atoms with Crippen LogP contribution in [0.1, 0.15) is 136 Å². The summed E-state index contributed by atoms with van der Waals surface area (Å²) in [5.74, 6) is 0.785. The maximum atomic E-state index is 11.9. The average Bonchev–Trinajstić information content (AvgIpc) is 2.58. The number of unbranched alkanes of at least 4 members (excludes halogenated alkanes) is 14. The Morgan fingerprint density at radius 3 is 1.33 bits per heavy atom. The Bertz CT molecular complexity index is 259. The van der Waals surface area contributed by atoms with Crippen LogP contribution in [0.3, 0.4) is 0 Å². The Morgan fingerprint density at radius 2 is 0.958 bits per heavy atom. The first-order valence-electron chi connectivity index (χ1n) is 11.2. The molecule has 0 amide bonds. The predicted octanol–water partition coefficient (Wildman–Crippen LogP) is 8.25. The monoisotopic (exact) mass is 338 g/mol. The molecule has 0 radical (unpaired) electrons. The van der Waals surface area contributed by atoms with E-state index in [-0.39, 0.29) is 0 Å². The van der Waals surface area contributed by atoms with Crippen molar-refractivity contribution in [2.75, 3.05) is 0 Å². The van der Waals surface area contributed by atoms with Crippen molar-refractivity contribution >= 4 is 5.78 Å². The molecule has 0 bridgehead atoms. The van der Waals surface area contributed by atoms with Crippen LogP contribution in [0.5, 0.6) is 0 Å². The smallest absolute Gasteiger partial charge is 0.135 e. The van der Waals surface area contributed by atoms with Gasteiger partial charge in [0.25, 0.3) is 0 Å². The SMILES string of the molecule is CCCCCCCCCCCCCCCCCC(=O)C(C)CCC. The van der Waals surface area contributed by atoms with Crippen molar-refractivity contribution in [1.29, 1.82) is 0 Å². The third kappa shape index (κ3) is 16.5. The molecule has 0 aliphatic carbocycles. The topological polar surface area (TPSA) is 17.1 Å². The van der Waals surface area contributed by atoms with Gasteiger partial charge in [-0.05, 0) is 12.8 Å². The summed E-state index contributed by atoms with van der Waals surface area (Å²) >= 11 is 0. The molecule has 0 aromatic rings. The lowest BCUT2D eigenvalue weighted by molar-refractivity contribution is -0.122. The highest BCUT2D eigenvalue weighted by Crippen LogP contribution is 2.15. The minimum Gasteiger partial charge on any atom is -0.299 e. The Kier molecular flexibility index (Phi) is 18.7. The molecule has 1 atom stereocenters. The predicted molar refractivity (Wildman–Crippen MR) is 109 cm³/mol. The molecule has 0 saturated carbocycles. The fraction of sp³-hybridized carbons (Fsp3) is 0.957. The summed E-state index contributed by atoms with van der Waals surface area (Å²) in [6.45, 7) is 6.54. The Labute approximate surface area is 153 Å². The minimum atomic E-state index is 0.293. The highest BCUT2D eigenvalue weighted by atomic mass is 16.1. The van der Waals surface area contributed by atoms with E-state index in [1.807, 2.05) is 0 Å². The van der Waals surface area contributed by atoms with E-state index in [0.29, 0.717) is 11.7 Å². The molecule has 0 aromatic carbocycles. The quantitative estimate of drug-likeness (QED) is 0.217. The van der Waals surface area contributed by atoms with Gasteiger partial charge in [-0.15, -0.1) is 0 Å². The lowest BCUT2D eigenvalue weighted by Gasteiger charge is -2.08. The van der Waals surface area contributed by atoms with Crippen LogP contribution in [0.25, 0.3) is 0 Å². The molecular weight excluding hydrogens is 292 g/mol. The van der Waals surface area contributed by atoms with Crippen LogP contribution in [-0.2, 0) is 4.79 Å². The molecular formula is C23H46O. The summed E-state index contributed by atoms with van der Waals surface area (Å²) in [7, 11) is 0. The number of ketones is 1. The van der Waals surface area contributed by atoms with E-state index in [2.05, 4.69) is 20.8 Å². The zero-order valence-corrected chi connectivity index (χ0v) is 17.2. The van der Waals surface area contributed by atoms with E-state index in [4.69, 9.17) is 0 Å². The van der Waals surface area contributed by atoms with Gasteiger partial charge < -0.3 is 0 Å². The first kappa shape index (κ1) is 23.7. The lowest BCUT2D eigenvalue weighted by atomic mass is 9.96. The van der Waals surface area contributed by atoms with Gasteiger partial charge in [-0.3, -0.25) is 4.79 Å². The molecule has 1 unspecified atom stereocenters.